The fourth-order valence-corrected chi connectivity index (χ4v) is 21.7. The average molecular weight is 1220 g/mol. The first-order chi connectivity index (χ1) is 25.9. The predicted octanol–water partition coefficient (Wildman–Crippen LogP) is 0.709. The Morgan fingerprint density at radius 3 is 0.279 bits per heavy atom. The average Bonchev–Trinajstić information content (AvgIpc) is 2.68. The van der Waals surface area contributed by atoms with Gasteiger partial charge in [-0.1, -0.05) is 0 Å². The molecule has 0 saturated heterocycles. The summed E-state index contributed by atoms with van der Waals surface area (Å²) in [5.41, 5.74) is 0. The molecule has 46 nitrogen and oxygen atoms in total. The third-order valence-corrected chi connectivity index (χ3v) is 26.1. The number of hydrogen-bond donors (Lipinski definition) is 17. The summed E-state index contributed by atoms with van der Waals surface area (Å²) in [6.07, 6.45) is 0. The van der Waals surface area contributed by atoms with E-state index in [0.29, 0.717) is 0 Å². The van der Waals surface area contributed by atoms with E-state index in [1.54, 1.807) is 0 Å². The van der Waals surface area contributed by atoms with Crippen LogP contribution in [0.2, 0.25) is 0 Å². The van der Waals surface area contributed by atoms with Crippen molar-refractivity contribution in [3.63, 3.8) is 0 Å². The molecule has 0 aromatic rings. The van der Waals surface area contributed by atoms with Crippen LogP contribution in [0.5, 0.6) is 0 Å². The van der Waals surface area contributed by atoms with Crippen molar-refractivity contribution in [2.24, 2.45) is 0 Å². The van der Waals surface area contributed by atoms with Gasteiger partial charge >= 0.3 is 117 Å². The van der Waals surface area contributed by atoms with Crippen LogP contribution in [0.3, 0.4) is 0 Å². The lowest BCUT2D eigenvalue weighted by atomic mass is 15.6. The van der Waals surface area contributed by atoms with Gasteiger partial charge in [0.15, 0.2) is 0 Å². The van der Waals surface area contributed by atoms with Gasteiger partial charge in [-0.25, -0.2) is 68.5 Å². The van der Waals surface area contributed by atoms with Gasteiger partial charge in [0.25, 0.3) is 0 Å². The van der Waals surface area contributed by atoms with Crippen molar-refractivity contribution in [2.45, 2.75) is 0 Å². The molecule has 0 heterocycles. The van der Waals surface area contributed by atoms with Crippen molar-refractivity contribution in [3.8, 4) is 0 Å². The maximum Gasteiger partial charge on any atom is 0.490 e. The Balaban J connectivity index is 5.79. The molecule has 0 amide bonds. The smallest absolute Gasteiger partial charge is 0.302 e. The summed E-state index contributed by atoms with van der Waals surface area (Å²) >= 11 is 0. The summed E-state index contributed by atoms with van der Waals surface area (Å²) in [5, 5.41) is 0. The van der Waals surface area contributed by atoms with Gasteiger partial charge in [0.1, 0.15) is 0 Å². The Labute approximate surface area is 329 Å². The predicted molar refractivity (Wildman–Crippen MR) is 167 cm³/mol. The molecule has 0 rings (SSSR count). The highest BCUT2D eigenvalue weighted by atomic mass is 31.3. The van der Waals surface area contributed by atoms with Gasteiger partial charge in [-0.2, -0.15) is 60.3 Å². The van der Waals surface area contributed by atoms with Crippen molar-refractivity contribution in [1.82, 2.24) is 0 Å². The van der Waals surface area contributed by atoms with E-state index in [-0.39, 0.29) is 0 Å². The van der Waals surface area contributed by atoms with Gasteiger partial charge in [-0.05, 0) is 0 Å². The van der Waals surface area contributed by atoms with Crippen LogP contribution in [0, 0.1) is 0 Å². The molecule has 61 heteroatoms. The molecule has 0 aliphatic heterocycles. The van der Waals surface area contributed by atoms with E-state index in [2.05, 4.69) is 60.3 Å². The fourth-order valence-electron chi connectivity index (χ4n) is 2.03. The highest BCUT2D eigenvalue weighted by Gasteiger charge is 2.54. The number of phosphoric acid groups is 15. The molecule has 0 aromatic heterocycles. The van der Waals surface area contributed by atoms with E-state index < -0.39 is 117 Å². The molecule has 0 spiro atoms. The lowest BCUT2D eigenvalue weighted by Gasteiger charge is -2.22. The summed E-state index contributed by atoms with van der Waals surface area (Å²) in [5.74, 6) is 0. The van der Waals surface area contributed by atoms with Crippen molar-refractivity contribution in [3.05, 3.63) is 0 Å². The van der Waals surface area contributed by atoms with Crippen LogP contribution in [-0.4, -0.2) is 83.2 Å². The molecule has 368 valence electrons. The Morgan fingerprint density at radius 1 is 0.148 bits per heavy atom. The maximum absolute atomic E-state index is 11.9. The molecule has 17 N–H and O–H groups in total. The van der Waals surface area contributed by atoms with E-state index in [4.69, 9.17) is 39.1 Å². The summed E-state index contributed by atoms with van der Waals surface area (Å²) < 4.78 is 216. The second-order valence-corrected chi connectivity index (χ2v) is 31.5. The van der Waals surface area contributed by atoms with E-state index in [1.165, 1.54) is 0 Å². The molecule has 12 unspecified atom stereocenters. The van der Waals surface area contributed by atoms with Crippen LogP contribution in [0.15, 0.2) is 0 Å². The van der Waals surface area contributed by atoms with Crippen molar-refractivity contribution >= 4 is 117 Å². The molecule has 0 radical (unpaired) electrons. The topological polar surface area (TPSA) is 729 Å². The first kappa shape index (κ1) is 63.2. The van der Waals surface area contributed by atoms with Crippen LogP contribution >= 0.6 is 117 Å². The minimum Gasteiger partial charge on any atom is -0.302 e. The molecule has 0 fully saturated rings. The van der Waals surface area contributed by atoms with Gasteiger partial charge in [0.2, 0.25) is 0 Å². The van der Waals surface area contributed by atoms with E-state index in [1.807, 2.05) is 0 Å². The summed E-state index contributed by atoms with van der Waals surface area (Å²) in [6, 6.07) is 0. The van der Waals surface area contributed by atoms with E-state index >= 15 is 0 Å². The normalized spacial score (nSPS) is 26.1. The monoisotopic (exact) mass is 1220 g/mol. The molecule has 0 aromatic carbocycles. The van der Waals surface area contributed by atoms with E-state index in [9.17, 15) is 113 Å². The van der Waals surface area contributed by atoms with Gasteiger partial charge in [-0.3, -0.25) is 0 Å². The Hall–Kier alpha value is 2.21. The van der Waals surface area contributed by atoms with Gasteiger partial charge < -0.3 is 83.2 Å². The lowest BCUT2D eigenvalue weighted by Crippen LogP contribution is -2.01. The molecule has 61 heavy (non-hydrogen) atoms. The summed E-state index contributed by atoms with van der Waals surface area (Å²) in [7, 11) is -102. The largest absolute Gasteiger partial charge is 0.490 e. The minimum absolute atomic E-state index is 2.99. The third kappa shape index (κ3) is 30.3. The fraction of sp³-hybridized carbons (Fsp3) is 0. The van der Waals surface area contributed by atoms with Gasteiger partial charge in [0.05, 0.1) is 0 Å². The molecule has 0 aliphatic carbocycles. The van der Waals surface area contributed by atoms with Gasteiger partial charge in [-0.15, -0.1) is 0 Å². The zero-order valence-electron chi connectivity index (χ0n) is 26.2. The molecular weight excluding hydrogens is 1200 g/mol. The quantitative estimate of drug-likeness (QED) is 0.0480. The third-order valence-electron chi connectivity index (χ3n) is 2.90. The standard InChI is InChI=1S/H17O46P15/c1-47(2,3)33-49(7,8)35-51(11,12)37-53(15,16)39-55(19,20)41-57(23,24)43-59(27,28)45-61(31,32)46-60(29,30)44-58(25,26)42-56(21,22)40-54(17,18)38-52(13,14)36-50(9,10)34-48(4,5)6/h(H,7,8)(H,9,10)(H,11,12)(H,13,14)(H,15,16)(H,17,18)(H,19,20)(H,21,22)(H,23,24)(H,25,26)(H,27,28)(H,29,30)(H,31,32)(H2,1,2,3)(H2,4,5,6). The minimum atomic E-state index is -7.12. The summed E-state index contributed by atoms with van der Waals surface area (Å²) in [4.78, 5) is 154. The van der Waals surface area contributed by atoms with Crippen LogP contribution in [-0.2, 0) is 129 Å². The first-order valence-corrected chi connectivity index (χ1v) is 33.8. The Morgan fingerprint density at radius 2 is 0.213 bits per heavy atom. The van der Waals surface area contributed by atoms with Crippen molar-refractivity contribution < 1.29 is 212 Å². The zero-order chi connectivity index (χ0) is 49.4. The number of rotatable bonds is 28. The van der Waals surface area contributed by atoms with Crippen LogP contribution < -0.4 is 0 Å². The first-order valence-electron chi connectivity index (χ1n) is 11.3. The zero-order valence-corrected chi connectivity index (χ0v) is 39.6. The lowest BCUT2D eigenvalue weighted by molar-refractivity contribution is 0.173. The molecule has 0 aliphatic rings. The highest BCUT2D eigenvalue weighted by Crippen LogP contribution is 2.80. The van der Waals surface area contributed by atoms with Crippen LogP contribution in [0.4, 0.5) is 0 Å². The Bertz CT molecular complexity index is 2200. The SMILES string of the molecule is O=P(O)(O)OP(=O)(O)OP(=O)(O)OP(=O)(O)OP(=O)(O)OP(=O)(O)OP(=O)(O)OP(=O)(O)OP(=O)(O)OP(=O)(O)OP(=O)(O)OP(=O)(O)OP(=O)(O)OP(=O)(O)OP(=O)(O)O. The second-order valence-electron chi connectivity index (χ2n) is 8.22. The Kier molecular flexibility index (Phi) is 21.4. The highest BCUT2D eigenvalue weighted by molar-refractivity contribution is 7.76. The summed E-state index contributed by atoms with van der Waals surface area (Å²) in [6.45, 7) is 0. The van der Waals surface area contributed by atoms with E-state index in [0.717, 1.165) is 0 Å². The number of hydrogen-bond acceptors (Lipinski definition) is 29. The van der Waals surface area contributed by atoms with Crippen molar-refractivity contribution in [1.29, 1.82) is 0 Å². The molecule has 12 atom stereocenters. The maximum atomic E-state index is 11.9. The molecular formula is H17O46P15. The van der Waals surface area contributed by atoms with Gasteiger partial charge in [0, 0.05) is 0 Å². The molecule has 0 bridgehead atoms. The molecule has 0 saturated carbocycles. The second kappa shape index (κ2) is 20.7. The van der Waals surface area contributed by atoms with Crippen LogP contribution in [0.1, 0.15) is 0 Å². The van der Waals surface area contributed by atoms with Crippen LogP contribution in [0.25, 0.3) is 0 Å². The van der Waals surface area contributed by atoms with Crippen molar-refractivity contribution in [2.75, 3.05) is 0 Å².